The average molecular weight is 271 g/mol. The molecule has 0 atom stereocenters. The second-order valence-electron chi connectivity index (χ2n) is 3.65. The van der Waals surface area contributed by atoms with Gasteiger partial charge in [0.1, 0.15) is 5.75 Å². The SMILES string of the molecule is O=C(O)c1cc(Br)cc(OC2CCC2)c1. The first-order chi connectivity index (χ1) is 7.15. The number of halogens is 1. The quantitative estimate of drug-likeness (QED) is 0.918. The van der Waals surface area contributed by atoms with Crippen molar-refractivity contribution in [2.75, 3.05) is 0 Å². The van der Waals surface area contributed by atoms with E-state index in [-0.39, 0.29) is 11.7 Å². The van der Waals surface area contributed by atoms with Crippen molar-refractivity contribution >= 4 is 21.9 Å². The Morgan fingerprint density at radius 2 is 2.13 bits per heavy atom. The van der Waals surface area contributed by atoms with Gasteiger partial charge in [0.2, 0.25) is 0 Å². The van der Waals surface area contributed by atoms with E-state index in [1.54, 1.807) is 18.2 Å². The first kappa shape index (κ1) is 10.5. The number of carbonyl (C=O) groups is 1. The monoisotopic (exact) mass is 270 g/mol. The molecule has 0 spiro atoms. The van der Waals surface area contributed by atoms with Crippen LogP contribution in [0.25, 0.3) is 0 Å². The maximum atomic E-state index is 10.8. The van der Waals surface area contributed by atoms with Crippen LogP contribution in [0.4, 0.5) is 0 Å². The fourth-order valence-corrected chi connectivity index (χ4v) is 1.91. The lowest BCUT2D eigenvalue weighted by atomic mass is 9.96. The van der Waals surface area contributed by atoms with Gasteiger partial charge in [-0.15, -0.1) is 0 Å². The fourth-order valence-electron chi connectivity index (χ4n) is 1.44. The highest BCUT2D eigenvalue weighted by Gasteiger charge is 2.19. The molecule has 1 aliphatic rings. The minimum atomic E-state index is -0.935. The van der Waals surface area contributed by atoms with Gasteiger partial charge < -0.3 is 9.84 Å². The first-order valence-electron chi connectivity index (χ1n) is 4.86. The number of benzene rings is 1. The van der Waals surface area contributed by atoms with Gasteiger partial charge in [0, 0.05) is 4.47 Å². The molecule has 1 saturated carbocycles. The van der Waals surface area contributed by atoms with Crippen molar-refractivity contribution in [2.24, 2.45) is 0 Å². The van der Waals surface area contributed by atoms with E-state index in [0.717, 1.165) is 17.3 Å². The summed E-state index contributed by atoms with van der Waals surface area (Å²) in [6.45, 7) is 0. The third-order valence-electron chi connectivity index (χ3n) is 2.47. The minimum Gasteiger partial charge on any atom is -0.490 e. The molecular formula is C11H11BrO3. The predicted molar refractivity (Wildman–Crippen MR) is 59.4 cm³/mol. The summed E-state index contributed by atoms with van der Waals surface area (Å²) >= 11 is 3.27. The number of ether oxygens (including phenoxy) is 1. The summed E-state index contributed by atoms with van der Waals surface area (Å²) in [5.74, 6) is -0.304. The molecule has 15 heavy (non-hydrogen) atoms. The normalized spacial score (nSPS) is 15.8. The van der Waals surface area contributed by atoms with E-state index in [1.165, 1.54) is 6.42 Å². The van der Waals surface area contributed by atoms with Gasteiger partial charge in [-0.25, -0.2) is 4.79 Å². The van der Waals surface area contributed by atoms with E-state index in [1.807, 2.05) is 0 Å². The number of carboxylic acid groups (broad SMARTS) is 1. The molecule has 1 aliphatic carbocycles. The van der Waals surface area contributed by atoms with Crippen LogP contribution in [0.15, 0.2) is 22.7 Å². The maximum absolute atomic E-state index is 10.8. The largest absolute Gasteiger partial charge is 0.490 e. The van der Waals surface area contributed by atoms with E-state index in [9.17, 15) is 4.79 Å². The van der Waals surface area contributed by atoms with Crippen LogP contribution in [-0.2, 0) is 0 Å². The van der Waals surface area contributed by atoms with Gasteiger partial charge in [-0.2, -0.15) is 0 Å². The van der Waals surface area contributed by atoms with Crippen molar-refractivity contribution in [3.8, 4) is 5.75 Å². The summed E-state index contributed by atoms with van der Waals surface area (Å²) < 4.78 is 6.36. The van der Waals surface area contributed by atoms with Gasteiger partial charge in [-0.05, 0) is 37.5 Å². The molecule has 0 saturated heterocycles. The van der Waals surface area contributed by atoms with Gasteiger partial charge >= 0.3 is 5.97 Å². The molecule has 0 bridgehead atoms. The van der Waals surface area contributed by atoms with Gasteiger partial charge in [0.15, 0.2) is 0 Å². The summed E-state index contributed by atoms with van der Waals surface area (Å²) in [4.78, 5) is 10.8. The Morgan fingerprint density at radius 1 is 1.40 bits per heavy atom. The second-order valence-corrected chi connectivity index (χ2v) is 4.57. The molecule has 0 radical (unpaired) electrons. The van der Waals surface area contributed by atoms with Crippen LogP contribution in [0.2, 0.25) is 0 Å². The van der Waals surface area contributed by atoms with Crippen LogP contribution >= 0.6 is 15.9 Å². The zero-order valence-electron chi connectivity index (χ0n) is 8.07. The van der Waals surface area contributed by atoms with E-state index >= 15 is 0 Å². The first-order valence-corrected chi connectivity index (χ1v) is 5.65. The molecular weight excluding hydrogens is 260 g/mol. The van der Waals surface area contributed by atoms with Crippen LogP contribution in [0, 0.1) is 0 Å². The van der Waals surface area contributed by atoms with Crippen molar-refractivity contribution < 1.29 is 14.6 Å². The Labute approximate surface area is 96.2 Å². The van der Waals surface area contributed by atoms with Gasteiger partial charge in [-0.1, -0.05) is 15.9 Å². The number of rotatable bonds is 3. The molecule has 0 heterocycles. The zero-order chi connectivity index (χ0) is 10.8. The zero-order valence-corrected chi connectivity index (χ0v) is 9.66. The lowest BCUT2D eigenvalue weighted by molar-refractivity contribution is 0.0694. The molecule has 1 aromatic rings. The van der Waals surface area contributed by atoms with Gasteiger partial charge in [0.25, 0.3) is 0 Å². The Hall–Kier alpha value is -1.03. The summed E-state index contributed by atoms with van der Waals surface area (Å²) in [5.41, 5.74) is 0.249. The van der Waals surface area contributed by atoms with Crippen LogP contribution in [0.1, 0.15) is 29.6 Å². The third kappa shape index (κ3) is 2.50. The smallest absolute Gasteiger partial charge is 0.335 e. The van der Waals surface area contributed by atoms with Crippen molar-refractivity contribution in [3.05, 3.63) is 28.2 Å². The van der Waals surface area contributed by atoms with Gasteiger partial charge in [-0.3, -0.25) is 0 Å². The van der Waals surface area contributed by atoms with Crippen molar-refractivity contribution in [1.82, 2.24) is 0 Å². The summed E-state index contributed by atoms with van der Waals surface area (Å²) in [6, 6.07) is 4.92. The molecule has 4 heteroatoms. The number of hydrogen-bond donors (Lipinski definition) is 1. The highest BCUT2D eigenvalue weighted by Crippen LogP contribution is 2.28. The lowest BCUT2D eigenvalue weighted by Crippen LogP contribution is -2.24. The lowest BCUT2D eigenvalue weighted by Gasteiger charge is -2.26. The van der Waals surface area contributed by atoms with E-state index in [0.29, 0.717) is 5.75 Å². The van der Waals surface area contributed by atoms with Crippen LogP contribution in [-0.4, -0.2) is 17.2 Å². The Balaban J connectivity index is 2.18. The average Bonchev–Trinajstić information content (AvgIpc) is 2.10. The predicted octanol–water partition coefficient (Wildman–Crippen LogP) is 3.08. The van der Waals surface area contributed by atoms with Crippen LogP contribution in [0.3, 0.4) is 0 Å². The molecule has 3 nitrogen and oxygen atoms in total. The van der Waals surface area contributed by atoms with Crippen molar-refractivity contribution in [1.29, 1.82) is 0 Å². The molecule has 1 N–H and O–H groups in total. The molecule has 1 aromatic carbocycles. The Morgan fingerprint density at radius 3 is 2.67 bits per heavy atom. The highest BCUT2D eigenvalue weighted by atomic mass is 79.9. The number of hydrogen-bond acceptors (Lipinski definition) is 2. The van der Waals surface area contributed by atoms with E-state index < -0.39 is 5.97 Å². The molecule has 2 rings (SSSR count). The van der Waals surface area contributed by atoms with Gasteiger partial charge in [0.05, 0.1) is 11.7 Å². The van der Waals surface area contributed by atoms with Crippen LogP contribution in [0.5, 0.6) is 5.75 Å². The second kappa shape index (κ2) is 4.23. The van der Waals surface area contributed by atoms with Crippen molar-refractivity contribution in [3.63, 3.8) is 0 Å². The molecule has 0 aromatic heterocycles. The molecule has 0 unspecified atom stereocenters. The van der Waals surface area contributed by atoms with Crippen molar-refractivity contribution in [2.45, 2.75) is 25.4 Å². The standard InChI is InChI=1S/C11H11BrO3/c12-8-4-7(11(13)14)5-10(6-8)15-9-2-1-3-9/h4-6,9H,1-3H2,(H,13,14). The van der Waals surface area contributed by atoms with E-state index in [4.69, 9.17) is 9.84 Å². The summed E-state index contributed by atoms with van der Waals surface area (Å²) in [7, 11) is 0. The molecule has 0 aliphatic heterocycles. The Bertz CT molecular complexity index is 385. The van der Waals surface area contributed by atoms with Crippen LogP contribution < -0.4 is 4.74 Å². The topological polar surface area (TPSA) is 46.5 Å². The number of carboxylic acids is 1. The molecule has 80 valence electrons. The number of aromatic carboxylic acids is 1. The Kier molecular flexibility index (Phi) is 2.95. The van der Waals surface area contributed by atoms with E-state index in [2.05, 4.69) is 15.9 Å². The minimum absolute atomic E-state index is 0.249. The third-order valence-corrected chi connectivity index (χ3v) is 2.93. The maximum Gasteiger partial charge on any atom is 0.335 e. The molecule has 1 fully saturated rings. The molecule has 0 amide bonds. The summed E-state index contributed by atoms with van der Waals surface area (Å²) in [5, 5.41) is 8.86. The fraction of sp³-hybridized carbons (Fsp3) is 0.364. The highest BCUT2D eigenvalue weighted by molar-refractivity contribution is 9.10. The summed E-state index contributed by atoms with van der Waals surface area (Å²) in [6.07, 6.45) is 3.59.